The van der Waals surface area contributed by atoms with Crippen molar-refractivity contribution in [2.75, 3.05) is 5.32 Å². The number of hydrogen-bond acceptors (Lipinski definition) is 4. The first kappa shape index (κ1) is 15.4. The van der Waals surface area contributed by atoms with E-state index < -0.39 is 4.92 Å². The second-order valence-corrected chi connectivity index (χ2v) is 5.21. The number of nitrogens with one attached hydrogen (secondary N) is 1. The van der Waals surface area contributed by atoms with E-state index in [0.29, 0.717) is 11.3 Å². The normalized spacial score (nSPS) is 10.8. The van der Waals surface area contributed by atoms with E-state index in [1.54, 1.807) is 18.2 Å². The molecule has 118 valence electrons. The molecule has 3 aromatic rings. The molecule has 3 aromatic carbocycles. The van der Waals surface area contributed by atoms with Crippen LogP contribution in [0.1, 0.15) is 10.4 Å². The number of carbonyl (C=O) groups is 1. The van der Waals surface area contributed by atoms with Crippen LogP contribution in [-0.2, 0) is 0 Å². The quantitative estimate of drug-likeness (QED) is 0.324. The van der Waals surface area contributed by atoms with Crippen LogP contribution in [0.15, 0.2) is 79.0 Å². The minimum absolute atomic E-state index is 0.00532. The Balaban J connectivity index is 1.72. The van der Waals surface area contributed by atoms with Gasteiger partial charge in [0.05, 0.1) is 4.92 Å². The summed E-state index contributed by atoms with van der Waals surface area (Å²) in [5.41, 5.74) is 1.13. The molecule has 5 nitrogen and oxygen atoms in total. The molecule has 0 amide bonds. The Kier molecular flexibility index (Phi) is 4.34. The third kappa shape index (κ3) is 3.47. The van der Waals surface area contributed by atoms with Gasteiger partial charge in [-0.2, -0.15) is 0 Å². The van der Waals surface area contributed by atoms with Gasteiger partial charge in [-0.05, 0) is 22.9 Å². The van der Waals surface area contributed by atoms with Gasteiger partial charge in [-0.1, -0.05) is 42.5 Å². The van der Waals surface area contributed by atoms with Gasteiger partial charge in [0.25, 0.3) is 5.69 Å². The lowest BCUT2D eigenvalue weighted by molar-refractivity contribution is -0.384. The van der Waals surface area contributed by atoms with Crippen LogP contribution in [0.3, 0.4) is 0 Å². The summed E-state index contributed by atoms with van der Waals surface area (Å²) >= 11 is 0. The summed E-state index contributed by atoms with van der Waals surface area (Å²) in [5, 5.41) is 15.7. The van der Waals surface area contributed by atoms with E-state index in [0.717, 1.165) is 10.8 Å². The molecule has 0 saturated carbocycles. The summed E-state index contributed by atoms with van der Waals surface area (Å²) in [6, 6.07) is 19.4. The Hall–Kier alpha value is -3.47. The number of allylic oxidation sites excluding steroid dienone is 1. The van der Waals surface area contributed by atoms with Gasteiger partial charge in [-0.15, -0.1) is 0 Å². The molecule has 5 heteroatoms. The molecule has 0 atom stereocenters. The standard InChI is InChI=1S/C19H14N2O3/c22-19(16-9-8-14-4-1-2-5-15(14)12-16)10-11-20-17-6-3-7-18(13-17)21(23)24/h1-13,20H/b11-10-. The van der Waals surface area contributed by atoms with Gasteiger partial charge in [0.2, 0.25) is 0 Å². The molecule has 3 rings (SSSR count). The lowest BCUT2D eigenvalue weighted by Crippen LogP contribution is -1.96. The number of rotatable bonds is 5. The number of anilines is 1. The van der Waals surface area contributed by atoms with Crippen LogP contribution in [0.4, 0.5) is 11.4 Å². The third-order valence-electron chi connectivity index (χ3n) is 3.58. The van der Waals surface area contributed by atoms with Crippen molar-refractivity contribution in [3.8, 4) is 0 Å². The van der Waals surface area contributed by atoms with Crippen LogP contribution in [0.2, 0.25) is 0 Å². The van der Waals surface area contributed by atoms with Crippen LogP contribution in [0.25, 0.3) is 10.8 Å². The highest BCUT2D eigenvalue weighted by atomic mass is 16.6. The fourth-order valence-corrected chi connectivity index (χ4v) is 2.36. The topological polar surface area (TPSA) is 72.2 Å². The maximum atomic E-state index is 12.2. The van der Waals surface area contributed by atoms with Gasteiger partial charge in [0, 0.05) is 35.7 Å². The second kappa shape index (κ2) is 6.75. The number of carbonyl (C=O) groups excluding carboxylic acids is 1. The van der Waals surface area contributed by atoms with Crippen molar-refractivity contribution in [3.05, 3.63) is 94.7 Å². The predicted octanol–water partition coefficient (Wildman–Crippen LogP) is 4.56. The van der Waals surface area contributed by atoms with Crippen LogP contribution in [-0.4, -0.2) is 10.7 Å². The number of benzene rings is 3. The van der Waals surface area contributed by atoms with Crippen LogP contribution >= 0.6 is 0 Å². The van der Waals surface area contributed by atoms with Crippen LogP contribution in [0, 0.1) is 10.1 Å². The molecule has 1 N–H and O–H groups in total. The van der Waals surface area contributed by atoms with Gasteiger partial charge in [0.15, 0.2) is 5.78 Å². The van der Waals surface area contributed by atoms with Crippen molar-refractivity contribution in [2.45, 2.75) is 0 Å². The number of fused-ring (bicyclic) bond motifs is 1. The van der Waals surface area contributed by atoms with E-state index in [9.17, 15) is 14.9 Å². The molecule has 0 aliphatic rings. The molecule has 0 heterocycles. The minimum Gasteiger partial charge on any atom is -0.361 e. The van der Waals surface area contributed by atoms with Gasteiger partial charge in [0.1, 0.15) is 0 Å². The number of nitro groups is 1. The average Bonchev–Trinajstić information content (AvgIpc) is 2.61. The molecule has 0 aliphatic heterocycles. The number of ketones is 1. The van der Waals surface area contributed by atoms with Crippen molar-refractivity contribution in [1.82, 2.24) is 0 Å². The number of nitrogens with zero attached hydrogens (tertiary/aromatic N) is 1. The summed E-state index contributed by atoms with van der Waals surface area (Å²) < 4.78 is 0. The van der Waals surface area contributed by atoms with Crippen molar-refractivity contribution < 1.29 is 9.72 Å². The zero-order valence-electron chi connectivity index (χ0n) is 12.7. The maximum absolute atomic E-state index is 12.2. The first-order valence-electron chi connectivity index (χ1n) is 7.34. The summed E-state index contributed by atoms with van der Waals surface area (Å²) in [5.74, 6) is -0.140. The molecule has 0 bridgehead atoms. The Morgan fingerprint density at radius 1 is 0.958 bits per heavy atom. The highest BCUT2D eigenvalue weighted by Crippen LogP contribution is 2.18. The molecule has 24 heavy (non-hydrogen) atoms. The number of non-ortho nitro benzene ring substituents is 1. The van der Waals surface area contributed by atoms with Gasteiger partial charge in [-0.3, -0.25) is 14.9 Å². The summed E-state index contributed by atoms with van der Waals surface area (Å²) in [6.45, 7) is 0. The third-order valence-corrected chi connectivity index (χ3v) is 3.58. The number of nitro benzene ring substituents is 1. The van der Waals surface area contributed by atoms with E-state index >= 15 is 0 Å². The average molecular weight is 318 g/mol. The molecular weight excluding hydrogens is 304 g/mol. The van der Waals surface area contributed by atoms with Crippen molar-refractivity contribution in [1.29, 1.82) is 0 Å². The highest BCUT2D eigenvalue weighted by Gasteiger charge is 2.05. The molecule has 0 spiro atoms. The van der Waals surface area contributed by atoms with E-state index in [2.05, 4.69) is 5.32 Å². The Morgan fingerprint density at radius 2 is 1.75 bits per heavy atom. The number of hydrogen-bond donors (Lipinski definition) is 1. The lowest BCUT2D eigenvalue weighted by Gasteiger charge is -2.02. The Bertz CT molecular complexity index is 948. The Morgan fingerprint density at radius 3 is 2.54 bits per heavy atom. The van der Waals surface area contributed by atoms with Crippen LogP contribution in [0.5, 0.6) is 0 Å². The molecule has 0 radical (unpaired) electrons. The lowest BCUT2D eigenvalue weighted by atomic mass is 10.0. The predicted molar refractivity (Wildman–Crippen MR) is 94.1 cm³/mol. The minimum atomic E-state index is -0.463. The zero-order valence-corrected chi connectivity index (χ0v) is 12.7. The monoisotopic (exact) mass is 318 g/mol. The summed E-state index contributed by atoms with van der Waals surface area (Å²) in [6.07, 6.45) is 2.89. The largest absolute Gasteiger partial charge is 0.361 e. The molecule has 0 aliphatic carbocycles. The molecule has 0 saturated heterocycles. The van der Waals surface area contributed by atoms with Gasteiger partial charge < -0.3 is 5.32 Å². The first-order chi connectivity index (χ1) is 11.6. The van der Waals surface area contributed by atoms with Crippen LogP contribution < -0.4 is 5.32 Å². The summed E-state index contributed by atoms with van der Waals surface area (Å²) in [7, 11) is 0. The van der Waals surface area contributed by atoms with Gasteiger partial charge in [-0.25, -0.2) is 0 Å². The molecule has 0 unspecified atom stereocenters. The molecule has 0 aromatic heterocycles. The second-order valence-electron chi connectivity index (χ2n) is 5.21. The van der Waals surface area contributed by atoms with E-state index in [-0.39, 0.29) is 11.5 Å². The SMILES string of the molecule is O=C(/C=C\Nc1cccc([N+](=O)[O-])c1)c1ccc2ccccc2c1. The van der Waals surface area contributed by atoms with Crippen molar-refractivity contribution in [3.63, 3.8) is 0 Å². The van der Waals surface area contributed by atoms with E-state index in [1.807, 2.05) is 36.4 Å². The smallest absolute Gasteiger partial charge is 0.271 e. The molecule has 0 fully saturated rings. The first-order valence-corrected chi connectivity index (χ1v) is 7.34. The highest BCUT2D eigenvalue weighted by molar-refractivity contribution is 6.06. The summed E-state index contributed by atoms with van der Waals surface area (Å²) in [4.78, 5) is 22.5. The maximum Gasteiger partial charge on any atom is 0.271 e. The van der Waals surface area contributed by atoms with Crippen molar-refractivity contribution >= 4 is 27.9 Å². The van der Waals surface area contributed by atoms with Gasteiger partial charge >= 0.3 is 0 Å². The fraction of sp³-hybridized carbons (Fsp3) is 0. The van der Waals surface area contributed by atoms with E-state index in [4.69, 9.17) is 0 Å². The van der Waals surface area contributed by atoms with Crippen molar-refractivity contribution in [2.24, 2.45) is 0 Å². The molecular formula is C19H14N2O3. The van der Waals surface area contributed by atoms with E-state index in [1.165, 1.54) is 24.4 Å². The fourth-order valence-electron chi connectivity index (χ4n) is 2.36. The zero-order chi connectivity index (χ0) is 16.9. The Labute approximate surface area is 138 Å².